The van der Waals surface area contributed by atoms with Gasteiger partial charge >= 0.3 is 5.97 Å². The molecule has 1 aliphatic rings. The smallest absolute Gasteiger partial charge is 0.354 e. The summed E-state index contributed by atoms with van der Waals surface area (Å²) in [6, 6.07) is 1.41. The summed E-state index contributed by atoms with van der Waals surface area (Å²) >= 11 is 0. The summed E-state index contributed by atoms with van der Waals surface area (Å²) < 4.78 is 5.23. The number of rotatable bonds is 2. The first-order valence-electron chi connectivity index (χ1n) is 4.91. The van der Waals surface area contributed by atoms with E-state index >= 15 is 0 Å². The molecule has 1 aliphatic heterocycles. The van der Waals surface area contributed by atoms with Gasteiger partial charge in [-0.2, -0.15) is 0 Å². The Balaban J connectivity index is 2.19. The predicted octanol–water partition coefficient (Wildman–Crippen LogP) is 1.07. The number of ether oxygens (including phenoxy) is 1. The van der Waals surface area contributed by atoms with Crippen molar-refractivity contribution in [1.29, 1.82) is 0 Å². The standard InChI is InChI=1S/C10H12N2O3/c13-10(14)8-1-4-11-9(12-8)7-2-5-15-6-3-7/h1,4,7H,2-3,5-6H2,(H,13,14). The summed E-state index contributed by atoms with van der Waals surface area (Å²) in [6.07, 6.45) is 3.23. The molecule has 0 saturated carbocycles. The van der Waals surface area contributed by atoms with Crippen molar-refractivity contribution in [2.24, 2.45) is 0 Å². The molecule has 0 bridgehead atoms. The van der Waals surface area contributed by atoms with E-state index in [0.717, 1.165) is 12.8 Å². The van der Waals surface area contributed by atoms with Crippen molar-refractivity contribution in [1.82, 2.24) is 9.97 Å². The molecule has 0 atom stereocenters. The van der Waals surface area contributed by atoms with Gasteiger partial charge in [-0.05, 0) is 18.9 Å². The third-order valence-corrected chi connectivity index (χ3v) is 2.48. The maximum Gasteiger partial charge on any atom is 0.354 e. The van der Waals surface area contributed by atoms with Crippen LogP contribution in [0.15, 0.2) is 12.3 Å². The fraction of sp³-hybridized carbons (Fsp3) is 0.500. The van der Waals surface area contributed by atoms with Crippen molar-refractivity contribution < 1.29 is 14.6 Å². The molecule has 1 saturated heterocycles. The molecule has 0 unspecified atom stereocenters. The van der Waals surface area contributed by atoms with E-state index < -0.39 is 5.97 Å². The largest absolute Gasteiger partial charge is 0.477 e. The minimum Gasteiger partial charge on any atom is -0.477 e. The summed E-state index contributed by atoms with van der Waals surface area (Å²) in [6.45, 7) is 1.40. The Hall–Kier alpha value is -1.49. The fourth-order valence-electron chi connectivity index (χ4n) is 1.65. The molecule has 0 spiro atoms. The van der Waals surface area contributed by atoms with Crippen LogP contribution in [0.3, 0.4) is 0 Å². The van der Waals surface area contributed by atoms with E-state index in [1.807, 2.05) is 0 Å². The number of aromatic carboxylic acids is 1. The molecule has 5 heteroatoms. The van der Waals surface area contributed by atoms with Crippen molar-refractivity contribution in [2.45, 2.75) is 18.8 Å². The summed E-state index contributed by atoms with van der Waals surface area (Å²) in [4.78, 5) is 18.9. The van der Waals surface area contributed by atoms with Gasteiger partial charge in [0.05, 0.1) is 0 Å². The number of nitrogens with zero attached hydrogens (tertiary/aromatic N) is 2. The van der Waals surface area contributed by atoms with Crippen LogP contribution in [0.2, 0.25) is 0 Å². The van der Waals surface area contributed by atoms with E-state index in [1.165, 1.54) is 12.3 Å². The molecule has 0 aromatic carbocycles. The van der Waals surface area contributed by atoms with E-state index in [9.17, 15) is 4.79 Å². The van der Waals surface area contributed by atoms with Gasteiger partial charge < -0.3 is 9.84 Å². The minimum atomic E-state index is -1.01. The first kappa shape index (κ1) is 10.0. The Bertz CT molecular complexity index is 361. The number of hydrogen-bond acceptors (Lipinski definition) is 4. The molecule has 0 aliphatic carbocycles. The van der Waals surface area contributed by atoms with Gasteiger partial charge in [-0.3, -0.25) is 0 Å². The highest BCUT2D eigenvalue weighted by atomic mass is 16.5. The van der Waals surface area contributed by atoms with Crippen LogP contribution >= 0.6 is 0 Å². The Morgan fingerprint density at radius 2 is 2.20 bits per heavy atom. The van der Waals surface area contributed by atoms with E-state index in [2.05, 4.69) is 9.97 Å². The van der Waals surface area contributed by atoms with Gasteiger partial charge in [0.1, 0.15) is 5.82 Å². The second-order valence-corrected chi connectivity index (χ2v) is 3.49. The topological polar surface area (TPSA) is 72.3 Å². The van der Waals surface area contributed by atoms with Crippen LogP contribution in [-0.4, -0.2) is 34.3 Å². The van der Waals surface area contributed by atoms with Gasteiger partial charge in [0.25, 0.3) is 0 Å². The summed E-state index contributed by atoms with van der Waals surface area (Å²) in [5.41, 5.74) is 0.0616. The fourth-order valence-corrected chi connectivity index (χ4v) is 1.65. The van der Waals surface area contributed by atoms with Crippen molar-refractivity contribution in [3.8, 4) is 0 Å². The lowest BCUT2D eigenvalue weighted by molar-refractivity contribution is 0.0688. The molecule has 80 valence electrons. The van der Waals surface area contributed by atoms with Gasteiger partial charge in [-0.15, -0.1) is 0 Å². The summed E-state index contributed by atoms with van der Waals surface area (Å²) in [5.74, 6) is -0.151. The molecule has 1 fully saturated rings. The highest BCUT2D eigenvalue weighted by Gasteiger charge is 2.19. The van der Waals surface area contributed by atoms with Crippen LogP contribution in [0.25, 0.3) is 0 Å². The average Bonchev–Trinajstić information content (AvgIpc) is 2.30. The Labute approximate surface area is 87.1 Å². The van der Waals surface area contributed by atoms with Crippen molar-refractivity contribution >= 4 is 5.97 Å². The van der Waals surface area contributed by atoms with E-state index in [-0.39, 0.29) is 11.6 Å². The zero-order valence-corrected chi connectivity index (χ0v) is 8.22. The lowest BCUT2D eigenvalue weighted by atomic mass is 9.99. The second kappa shape index (κ2) is 4.35. The highest BCUT2D eigenvalue weighted by molar-refractivity contribution is 5.85. The normalized spacial score (nSPS) is 17.6. The Morgan fingerprint density at radius 3 is 2.87 bits per heavy atom. The number of carboxylic acids is 1. The molecule has 2 heterocycles. The quantitative estimate of drug-likeness (QED) is 0.787. The number of aromatic nitrogens is 2. The maximum absolute atomic E-state index is 10.7. The van der Waals surface area contributed by atoms with Crippen molar-refractivity contribution in [3.05, 3.63) is 23.8 Å². The zero-order valence-electron chi connectivity index (χ0n) is 8.22. The molecule has 0 radical (unpaired) electrons. The van der Waals surface area contributed by atoms with Crippen LogP contribution in [0.4, 0.5) is 0 Å². The van der Waals surface area contributed by atoms with Crippen LogP contribution in [0.5, 0.6) is 0 Å². The number of carboxylic acid groups (broad SMARTS) is 1. The second-order valence-electron chi connectivity index (χ2n) is 3.49. The molecule has 5 nitrogen and oxygen atoms in total. The van der Waals surface area contributed by atoms with Crippen LogP contribution in [0.1, 0.15) is 35.1 Å². The molecular formula is C10H12N2O3. The zero-order chi connectivity index (χ0) is 10.7. The summed E-state index contributed by atoms with van der Waals surface area (Å²) in [5, 5.41) is 8.79. The van der Waals surface area contributed by atoms with Crippen LogP contribution < -0.4 is 0 Å². The first-order valence-corrected chi connectivity index (χ1v) is 4.91. The van der Waals surface area contributed by atoms with Crippen molar-refractivity contribution in [3.63, 3.8) is 0 Å². The van der Waals surface area contributed by atoms with Gasteiger partial charge in [-0.1, -0.05) is 0 Å². The molecule has 1 aromatic heterocycles. The monoisotopic (exact) mass is 208 g/mol. The molecule has 0 amide bonds. The number of carbonyl (C=O) groups is 1. The first-order chi connectivity index (χ1) is 7.27. The van der Waals surface area contributed by atoms with E-state index in [0.29, 0.717) is 19.0 Å². The lowest BCUT2D eigenvalue weighted by Gasteiger charge is -2.20. The Kier molecular flexibility index (Phi) is 2.91. The molecular weight excluding hydrogens is 196 g/mol. The molecule has 2 rings (SSSR count). The SMILES string of the molecule is O=C(O)c1ccnc(C2CCOCC2)n1. The molecule has 1 N–H and O–H groups in total. The van der Waals surface area contributed by atoms with E-state index in [4.69, 9.17) is 9.84 Å². The van der Waals surface area contributed by atoms with Crippen LogP contribution in [-0.2, 0) is 4.74 Å². The third kappa shape index (κ3) is 2.30. The molecule has 15 heavy (non-hydrogen) atoms. The van der Waals surface area contributed by atoms with Gasteiger partial charge in [0.2, 0.25) is 0 Å². The number of hydrogen-bond donors (Lipinski definition) is 1. The van der Waals surface area contributed by atoms with Gasteiger partial charge in [0, 0.05) is 25.3 Å². The summed E-state index contributed by atoms with van der Waals surface area (Å²) in [7, 11) is 0. The molecule has 1 aromatic rings. The van der Waals surface area contributed by atoms with Crippen molar-refractivity contribution in [2.75, 3.05) is 13.2 Å². The third-order valence-electron chi connectivity index (χ3n) is 2.48. The predicted molar refractivity (Wildman–Crippen MR) is 51.8 cm³/mol. The van der Waals surface area contributed by atoms with Gasteiger partial charge in [0.15, 0.2) is 5.69 Å². The van der Waals surface area contributed by atoms with Gasteiger partial charge in [-0.25, -0.2) is 14.8 Å². The maximum atomic E-state index is 10.7. The Morgan fingerprint density at radius 1 is 1.47 bits per heavy atom. The van der Waals surface area contributed by atoms with E-state index in [1.54, 1.807) is 0 Å². The highest BCUT2D eigenvalue weighted by Crippen LogP contribution is 2.23. The minimum absolute atomic E-state index is 0.0616. The van der Waals surface area contributed by atoms with Crippen LogP contribution in [0, 0.1) is 0 Å². The average molecular weight is 208 g/mol. The lowest BCUT2D eigenvalue weighted by Crippen LogP contribution is -2.17.